The third kappa shape index (κ3) is 2.61. The third-order valence-corrected chi connectivity index (χ3v) is 2.35. The third-order valence-electron chi connectivity index (χ3n) is 2.05. The molecule has 0 atom stereocenters. The summed E-state index contributed by atoms with van der Waals surface area (Å²) in [6.07, 6.45) is 3.26. The van der Waals surface area contributed by atoms with Crippen molar-refractivity contribution in [3.8, 4) is 0 Å². The van der Waals surface area contributed by atoms with Crippen LogP contribution in [0.15, 0.2) is 53.7 Å². The van der Waals surface area contributed by atoms with Gasteiger partial charge in [0, 0.05) is 16.7 Å². The second-order valence-electron chi connectivity index (χ2n) is 3.24. The van der Waals surface area contributed by atoms with Crippen molar-refractivity contribution < 1.29 is 4.79 Å². The summed E-state index contributed by atoms with van der Waals surface area (Å²) >= 11 is 4.16. The van der Waals surface area contributed by atoms with Crippen molar-refractivity contribution in [3.05, 3.63) is 54.4 Å². The summed E-state index contributed by atoms with van der Waals surface area (Å²) in [5, 5.41) is 2.75. The summed E-state index contributed by atoms with van der Waals surface area (Å²) in [6, 6.07) is 10.6. The zero-order chi connectivity index (χ0) is 11.4. The van der Waals surface area contributed by atoms with Crippen LogP contribution < -0.4 is 5.32 Å². The number of pyridine rings is 1. The van der Waals surface area contributed by atoms with Gasteiger partial charge in [-0.15, -0.1) is 12.6 Å². The maximum atomic E-state index is 11.8. The highest BCUT2D eigenvalue weighted by Gasteiger charge is 2.04. The fourth-order valence-electron chi connectivity index (χ4n) is 1.25. The summed E-state index contributed by atoms with van der Waals surface area (Å²) in [5.41, 5.74) is 1.28. The Labute approximate surface area is 98.9 Å². The number of nitrogens with one attached hydrogen (secondary N) is 1. The summed E-state index contributed by atoms with van der Waals surface area (Å²) in [4.78, 5) is 16.5. The summed E-state index contributed by atoms with van der Waals surface area (Å²) in [5.74, 6) is -0.152. The van der Waals surface area contributed by atoms with Crippen LogP contribution in [0, 0.1) is 0 Å². The maximum Gasteiger partial charge on any atom is 0.255 e. The van der Waals surface area contributed by atoms with Crippen molar-refractivity contribution in [2.75, 3.05) is 5.32 Å². The van der Waals surface area contributed by atoms with Crippen LogP contribution in [-0.2, 0) is 0 Å². The van der Waals surface area contributed by atoms with Crippen LogP contribution >= 0.6 is 12.6 Å². The Kier molecular flexibility index (Phi) is 3.22. The topological polar surface area (TPSA) is 42.0 Å². The molecule has 3 nitrogen and oxygen atoms in total. The molecule has 0 bridgehead atoms. The zero-order valence-electron chi connectivity index (χ0n) is 8.42. The van der Waals surface area contributed by atoms with Gasteiger partial charge in [0.15, 0.2) is 0 Å². The Hall–Kier alpha value is -1.81. The van der Waals surface area contributed by atoms with Crippen molar-refractivity contribution in [2.24, 2.45) is 0 Å². The molecule has 0 unspecified atom stereocenters. The molecule has 0 aliphatic rings. The molecule has 80 valence electrons. The molecule has 4 heteroatoms. The molecule has 1 N–H and O–H groups in total. The maximum absolute atomic E-state index is 11.8. The van der Waals surface area contributed by atoms with E-state index in [1.54, 1.807) is 48.8 Å². The Morgan fingerprint density at radius 2 is 1.94 bits per heavy atom. The molecule has 0 aliphatic heterocycles. The minimum absolute atomic E-state index is 0.152. The number of rotatable bonds is 2. The summed E-state index contributed by atoms with van der Waals surface area (Å²) in [7, 11) is 0. The molecule has 2 rings (SSSR count). The SMILES string of the molecule is O=C(Nc1cccnc1)c1ccc(S)cc1. The van der Waals surface area contributed by atoms with Crippen LogP contribution in [0.2, 0.25) is 0 Å². The second kappa shape index (κ2) is 4.81. The van der Waals surface area contributed by atoms with Crippen molar-refractivity contribution in [3.63, 3.8) is 0 Å². The number of amides is 1. The van der Waals surface area contributed by atoms with E-state index in [-0.39, 0.29) is 5.91 Å². The van der Waals surface area contributed by atoms with Gasteiger partial charge in [0.25, 0.3) is 5.91 Å². The lowest BCUT2D eigenvalue weighted by atomic mass is 10.2. The van der Waals surface area contributed by atoms with E-state index in [2.05, 4.69) is 22.9 Å². The number of carbonyl (C=O) groups is 1. The first-order chi connectivity index (χ1) is 7.75. The number of benzene rings is 1. The number of nitrogens with zero attached hydrogens (tertiary/aromatic N) is 1. The molecule has 0 radical (unpaired) electrons. The molecular formula is C12H10N2OS. The van der Waals surface area contributed by atoms with E-state index < -0.39 is 0 Å². The van der Waals surface area contributed by atoms with Gasteiger partial charge in [0.1, 0.15) is 0 Å². The number of hydrogen-bond acceptors (Lipinski definition) is 3. The van der Waals surface area contributed by atoms with E-state index in [1.807, 2.05) is 0 Å². The van der Waals surface area contributed by atoms with Crippen LogP contribution in [0.1, 0.15) is 10.4 Å². The van der Waals surface area contributed by atoms with Crippen LogP contribution in [0.3, 0.4) is 0 Å². The predicted octanol–water partition coefficient (Wildman–Crippen LogP) is 2.62. The Morgan fingerprint density at radius 1 is 1.19 bits per heavy atom. The molecule has 0 spiro atoms. The van der Waals surface area contributed by atoms with E-state index in [0.29, 0.717) is 11.3 Å². The van der Waals surface area contributed by atoms with E-state index in [4.69, 9.17) is 0 Å². The fourth-order valence-corrected chi connectivity index (χ4v) is 1.40. The van der Waals surface area contributed by atoms with Gasteiger partial charge in [-0.3, -0.25) is 9.78 Å². The fraction of sp³-hybridized carbons (Fsp3) is 0. The van der Waals surface area contributed by atoms with E-state index >= 15 is 0 Å². The minimum atomic E-state index is -0.152. The number of aromatic nitrogens is 1. The van der Waals surface area contributed by atoms with Gasteiger partial charge >= 0.3 is 0 Å². The van der Waals surface area contributed by atoms with Crippen molar-refractivity contribution in [1.29, 1.82) is 0 Å². The minimum Gasteiger partial charge on any atom is -0.321 e. The number of thiol groups is 1. The van der Waals surface area contributed by atoms with Crippen LogP contribution in [-0.4, -0.2) is 10.9 Å². The molecule has 1 aromatic heterocycles. The Bertz CT molecular complexity index is 482. The normalized spacial score (nSPS) is 9.81. The van der Waals surface area contributed by atoms with Crippen molar-refractivity contribution in [2.45, 2.75) is 4.90 Å². The van der Waals surface area contributed by atoms with Crippen LogP contribution in [0.4, 0.5) is 5.69 Å². The van der Waals surface area contributed by atoms with Gasteiger partial charge in [-0.05, 0) is 36.4 Å². The molecule has 0 saturated carbocycles. The standard InChI is InChI=1S/C12H10N2OS/c15-12(9-3-5-11(16)6-4-9)14-10-2-1-7-13-8-10/h1-8,16H,(H,14,15). The average molecular weight is 230 g/mol. The van der Waals surface area contributed by atoms with Gasteiger partial charge in [0.05, 0.1) is 11.9 Å². The summed E-state index contributed by atoms with van der Waals surface area (Å²) < 4.78 is 0. The molecule has 1 aromatic carbocycles. The summed E-state index contributed by atoms with van der Waals surface area (Å²) in [6.45, 7) is 0. The van der Waals surface area contributed by atoms with E-state index in [0.717, 1.165) is 4.90 Å². The second-order valence-corrected chi connectivity index (χ2v) is 3.76. The lowest BCUT2D eigenvalue weighted by Crippen LogP contribution is -2.11. The highest BCUT2D eigenvalue weighted by Crippen LogP contribution is 2.10. The van der Waals surface area contributed by atoms with Crippen LogP contribution in [0.5, 0.6) is 0 Å². The molecule has 0 aliphatic carbocycles. The van der Waals surface area contributed by atoms with Gasteiger partial charge in [-0.2, -0.15) is 0 Å². The Morgan fingerprint density at radius 3 is 2.56 bits per heavy atom. The number of carbonyl (C=O) groups excluding carboxylic acids is 1. The number of hydrogen-bond donors (Lipinski definition) is 2. The molecule has 1 heterocycles. The van der Waals surface area contributed by atoms with E-state index in [9.17, 15) is 4.79 Å². The lowest BCUT2D eigenvalue weighted by Gasteiger charge is -2.04. The highest BCUT2D eigenvalue weighted by atomic mass is 32.1. The van der Waals surface area contributed by atoms with Gasteiger partial charge in [-0.1, -0.05) is 0 Å². The molecule has 16 heavy (non-hydrogen) atoms. The van der Waals surface area contributed by atoms with Gasteiger partial charge < -0.3 is 5.32 Å². The zero-order valence-corrected chi connectivity index (χ0v) is 9.32. The molecule has 0 fully saturated rings. The van der Waals surface area contributed by atoms with E-state index in [1.165, 1.54) is 0 Å². The molecule has 2 aromatic rings. The van der Waals surface area contributed by atoms with Gasteiger partial charge in [0.2, 0.25) is 0 Å². The molecular weight excluding hydrogens is 220 g/mol. The Balaban J connectivity index is 2.12. The smallest absolute Gasteiger partial charge is 0.255 e. The highest BCUT2D eigenvalue weighted by molar-refractivity contribution is 7.80. The first-order valence-corrected chi connectivity index (χ1v) is 5.21. The quantitative estimate of drug-likeness (QED) is 0.779. The van der Waals surface area contributed by atoms with Crippen molar-refractivity contribution in [1.82, 2.24) is 4.98 Å². The lowest BCUT2D eigenvalue weighted by molar-refractivity contribution is 0.102. The van der Waals surface area contributed by atoms with Crippen LogP contribution in [0.25, 0.3) is 0 Å². The predicted molar refractivity (Wildman–Crippen MR) is 65.9 cm³/mol. The molecule has 0 saturated heterocycles. The monoisotopic (exact) mass is 230 g/mol. The average Bonchev–Trinajstić information content (AvgIpc) is 2.31. The van der Waals surface area contributed by atoms with Crippen molar-refractivity contribution >= 4 is 24.2 Å². The molecule has 1 amide bonds. The number of anilines is 1. The van der Waals surface area contributed by atoms with Gasteiger partial charge in [-0.25, -0.2) is 0 Å². The first-order valence-electron chi connectivity index (χ1n) is 4.76. The largest absolute Gasteiger partial charge is 0.321 e. The first kappa shape index (κ1) is 10.7.